The lowest BCUT2D eigenvalue weighted by Gasteiger charge is -2.26. The zero-order valence-corrected chi connectivity index (χ0v) is 11.2. The van der Waals surface area contributed by atoms with Gasteiger partial charge < -0.3 is 29.2 Å². The zero-order chi connectivity index (χ0) is 13.5. The Bertz CT molecular complexity index is 187. The van der Waals surface area contributed by atoms with Crippen molar-refractivity contribution in [3.63, 3.8) is 0 Å². The maximum Gasteiger partial charge on any atom is 0.182 e. The van der Waals surface area contributed by atoms with Crippen molar-refractivity contribution in [2.75, 3.05) is 27.9 Å². The largest absolute Gasteiger partial charge is 0.388 e. The van der Waals surface area contributed by atoms with E-state index >= 15 is 0 Å². The van der Waals surface area contributed by atoms with Crippen LogP contribution in [0, 0.1) is 0 Å². The predicted molar refractivity (Wildman–Crippen MR) is 61.5 cm³/mol. The molecule has 0 aliphatic carbocycles. The van der Waals surface area contributed by atoms with Crippen molar-refractivity contribution in [1.82, 2.24) is 0 Å². The van der Waals surface area contributed by atoms with Crippen LogP contribution < -0.4 is 0 Å². The van der Waals surface area contributed by atoms with Crippen LogP contribution in [0.1, 0.15) is 20.3 Å². The molecule has 0 heterocycles. The number of aliphatic hydroxyl groups excluding tert-OH is 1. The van der Waals surface area contributed by atoms with Gasteiger partial charge in [0.25, 0.3) is 0 Å². The summed E-state index contributed by atoms with van der Waals surface area (Å²) in [6, 6.07) is 0. The second-order valence-electron chi connectivity index (χ2n) is 4.26. The van der Waals surface area contributed by atoms with Gasteiger partial charge in [-0.1, -0.05) is 0 Å². The lowest BCUT2D eigenvalue weighted by Crippen LogP contribution is -2.37. The Morgan fingerprint density at radius 1 is 1.06 bits per heavy atom. The average molecular weight is 252 g/mol. The highest BCUT2D eigenvalue weighted by Crippen LogP contribution is 2.12. The first-order chi connectivity index (χ1) is 7.84. The van der Waals surface area contributed by atoms with E-state index in [1.807, 2.05) is 0 Å². The number of rotatable bonds is 9. The molecule has 2 unspecified atom stereocenters. The van der Waals surface area contributed by atoms with Gasteiger partial charge in [-0.05, 0) is 13.8 Å². The van der Waals surface area contributed by atoms with Crippen LogP contribution in [0.15, 0.2) is 0 Å². The molecule has 0 fully saturated rings. The minimum Gasteiger partial charge on any atom is -0.388 e. The Balaban J connectivity index is 4.11. The van der Waals surface area contributed by atoms with Crippen LogP contribution >= 0.6 is 0 Å². The van der Waals surface area contributed by atoms with Gasteiger partial charge in [0.2, 0.25) is 0 Å². The second kappa shape index (κ2) is 7.97. The highest BCUT2D eigenvalue weighted by atomic mass is 16.7. The van der Waals surface area contributed by atoms with Gasteiger partial charge in [-0.2, -0.15) is 0 Å². The van der Waals surface area contributed by atoms with Crippen LogP contribution in [0.4, 0.5) is 0 Å². The van der Waals surface area contributed by atoms with Gasteiger partial charge in [-0.15, -0.1) is 0 Å². The van der Waals surface area contributed by atoms with Crippen LogP contribution in [0.5, 0.6) is 0 Å². The van der Waals surface area contributed by atoms with E-state index < -0.39 is 18.2 Å². The summed E-state index contributed by atoms with van der Waals surface area (Å²) >= 11 is 0. The van der Waals surface area contributed by atoms with E-state index in [0.717, 1.165) is 0 Å². The first-order valence-electron chi connectivity index (χ1n) is 5.46. The van der Waals surface area contributed by atoms with Crippen molar-refractivity contribution in [1.29, 1.82) is 0 Å². The van der Waals surface area contributed by atoms with Crippen molar-refractivity contribution in [2.24, 2.45) is 0 Å². The summed E-state index contributed by atoms with van der Waals surface area (Å²) in [5.74, 6) is -1.22. The molecule has 0 saturated heterocycles. The maximum absolute atomic E-state index is 9.79. The van der Waals surface area contributed by atoms with Crippen molar-refractivity contribution in [3.8, 4) is 0 Å². The normalized spacial score (nSPS) is 16.2. The summed E-state index contributed by atoms with van der Waals surface area (Å²) in [6.07, 6.45) is -1.57. The first kappa shape index (κ1) is 16.8. The highest BCUT2D eigenvalue weighted by molar-refractivity contribution is 4.68. The molecule has 0 radical (unpaired) electrons. The molecule has 0 amide bonds. The summed E-state index contributed by atoms with van der Waals surface area (Å²) in [6.45, 7) is 3.24. The quantitative estimate of drug-likeness (QED) is 0.567. The molecule has 0 spiro atoms. The molecule has 0 aromatic carbocycles. The maximum atomic E-state index is 9.79. The van der Waals surface area contributed by atoms with Gasteiger partial charge in [0.1, 0.15) is 6.10 Å². The average Bonchev–Trinajstić information content (AvgIpc) is 2.24. The SMILES string of the molecule is COC(COC(C)(C)O)CC(O)C(OC)OC. The van der Waals surface area contributed by atoms with Crippen LogP contribution in [-0.2, 0) is 18.9 Å². The summed E-state index contributed by atoms with van der Waals surface area (Å²) in [5, 5.41) is 19.2. The molecule has 0 aromatic rings. The van der Waals surface area contributed by atoms with Gasteiger partial charge in [0.15, 0.2) is 12.1 Å². The van der Waals surface area contributed by atoms with Gasteiger partial charge in [-0.3, -0.25) is 0 Å². The molecule has 17 heavy (non-hydrogen) atoms. The van der Waals surface area contributed by atoms with Gasteiger partial charge in [-0.25, -0.2) is 0 Å². The fraction of sp³-hybridized carbons (Fsp3) is 1.00. The molecule has 0 aliphatic rings. The molecule has 0 aliphatic heterocycles. The van der Waals surface area contributed by atoms with E-state index in [1.165, 1.54) is 35.2 Å². The lowest BCUT2D eigenvalue weighted by atomic mass is 10.1. The second-order valence-corrected chi connectivity index (χ2v) is 4.26. The van der Waals surface area contributed by atoms with Gasteiger partial charge in [0, 0.05) is 27.8 Å². The molecule has 6 nitrogen and oxygen atoms in total. The monoisotopic (exact) mass is 252 g/mol. The Morgan fingerprint density at radius 2 is 1.59 bits per heavy atom. The molecule has 104 valence electrons. The van der Waals surface area contributed by atoms with Crippen molar-refractivity contribution < 1.29 is 29.2 Å². The van der Waals surface area contributed by atoms with E-state index in [-0.39, 0.29) is 12.7 Å². The van der Waals surface area contributed by atoms with E-state index in [9.17, 15) is 10.2 Å². The fourth-order valence-corrected chi connectivity index (χ4v) is 1.32. The van der Waals surface area contributed by atoms with Crippen LogP contribution in [-0.4, -0.2) is 62.4 Å². The van der Waals surface area contributed by atoms with E-state index in [4.69, 9.17) is 18.9 Å². The van der Waals surface area contributed by atoms with E-state index in [1.54, 1.807) is 0 Å². The molecular weight excluding hydrogens is 228 g/mol. The van der Waals surface area contributed by atoms with E-state index in [2.05, 4.69) is 0 Å². The first-order valence-corrected chi connectivity index (χ1v) is 5.46. The summed E-state index contributed by atoms with van der Waals surface area (Å²) < 4.78 is 20.2. The summed E-state index contributed by atoms with van der Waals surface area (Å²) in [4.78, 5) is 0. The van der Waals surface area contributed by atoms with Crippen molar-refractivity contribution >= 4 is 0 Å². The molecular formula is C11H24O6. The number of hydrogen-bond donors (Lipinski definition) is 2. The molecule has 0 aromatic heterocycles. The minimum atomic E-state index is -1.22. The Labute approximate surface area is 102 Å². The van der Waals surface area contributed by atoms with Crippen LogP contribution in [0.3, 0.4) is 0 Å². The third kappa shape index (κ3) is 7.64. The standard InChI is InChI=1S/C11H24O6/c1-11(2,13)17-7-8(14-3)6-9(12)10(15-4)16-5/h8-10,12-13H,6-7H2,1-5H3. The topological polar surface area (TPSA) is 77.4 Å². The molecule has 2 N–H and O–H groups in total. The smallest absolute Gasteiger partial charge is 0.182 e. The Morgan fingerprint density at radius 3 is 1.94 bits per heavy atom. The molecule has 6 heteroatoms. The highest BCUT2D eigenvalue weighted by Gasteiger charge is 2.24. The molecule has 2 atom stereocenters. The minimum absolute atomic E-state index is 0.178. The fourth-order valence-electron chi connectivity index (χ4n) is 1.32. The number of ether oxygens (including phenoxy) is 4. The molecule has 0 bridgehead atoms. The zero-order valence-electron chi connectivity index (χ0n) is 11.2. The number of methoxy groups -OCH3 is 3. The van der Waals surface area contributed by atoms with Crippen LogP contribution in [0.25, 0.3) is 0 Å². The summed E-state index contributed by atoms with van der Waals surface area (Å²) in [7, 11) is 4.42. The third-order valence-electron chi connectivity index (χ3n) is 2.24. The van der Waals surface area contributed by atoms with Crippen molar-refractivity contribution in [2.45, 2.75) is 44.6 Å². The summed E-state index contributed by atoms with van der Waals surface area (Å²) in [5.41, 5.74) is 0. The van der Waals surface area contributed by atoms with Crippen LogP contribution in [0.2, 0.25) is 0 Å². The lowest BCUT2D eigenvalue weighted by molar-refractivity contribution is -0.204. The number of aliphatic hydroxyl groups is 2. The van der Waals surface area contributed by atoms with E-state index in [0.29, 0.717) is 6.42 Å². The van der Waals surface area contributed by atoms with Gasteiger partial charge >= 0.3 is 0 Å². The predicted octanol–water partition coefficient (Wildman–Crippen LogP) is 0.116. The Hall–Kier alpha value is -0.240. The number of hydrogen-bond acceptors (Lipinski definition) is 6. The Kier molecular flexibility index (Phi) is 7.85. The van der Waals surface area contributed by atoms with Crippen molar-refractivity contribution in [3.05, 3.63) is 0 Å². The third-order valence-corrected chi connectivity index (χ3v) is 2.24. The molecule has 0 saturated carbocycles. The molecule has 0 rings (SSSR count). The van der Waals surface area contributed by atoms with Gasteiger partial charge in [0.05, 0.1) is 12.7 Å².